The van der Waals surface area contributed by atoms with Gasteiger partial charge in [-0.1, -0.05) is 51.1 Å². The lowest BCUT2D eigenvalue weighted by Crippen LogP contribution is -2.70. The summed E-state index contributed by atoms with van der Waals surface area (Å²) in [5, 5.41) is 13.6. The molecule has 7 heteroatoms. The van der Waals surface area contributed by atoms with Crippen LogP contribution in [-0.2, 0) is 20.8 Å². The van der Waals surface area contributed by atoms with E-state index in [0.29, 0.717) is 6.54 Å². The van der Waals surface area contributed by atoms with Gasteiger partial charge in [-0.3, -0.25) is 9.69 Å². The summed E-state index contributed by atoms with van der Waals surface area (Å²) in [6.45, 7) is 12.1. The van der Waals surface area contributed by atoms with Crippen LogP contribution in [0.4, 0.5) is 4.79 Å². The van der Waals surface area contributed by atoms with Gasteiger partial charge in [-0.2, -0.15) is 0 Å². The van der Waals surface area contributed by atoms with E-state index in [-0.39, 0.29) is 25.6 Å². The molecule has 0 saturated carbocycles. The maximum absolute atomic E-state index is 12.5. The highest BCUT2D eigenvalue weighted by Gasteiger charge is 2.63. The highest BCUT2D eigenvalue weighted by Crippen LogP contribution is 2.48. The van der Waals surface area contributed by atoms with Gasteiger partial charge in [0.05, 0.1) is 25.2 Å². The molecule has 1 saturated heterocycles. The zero-order valence-electron chi connectivity index (χ0n) is 18.3. The van der Waals surface area contributed by atoms with Crippen molar-refractivity contribution < 1.29 is 24.2 Å². The summed E-state index contributed by atoms with van der Waals surface area (Å²) in [5.41, 5.74) is -1.45. The average molecular weight is 407 g/mol. The van der Waals surface area contributed by atoms with Crippen LogP contribution >= 0.6 is 0 Å². The summed E-state index contributed by atoms with van der Waals surface area (Å²) < 4.78 is 11.2. The SMILES string of the molecule is CCOC(=O)CC(NCc1ccccc1)[C@@]1(C(C)(C)C)COC(C)(C)N1C(=O)O. The Hall–Kier alpha value is -2.12. The first kappa shape index (κ1) is 23.2. The third kappa shape index (κ3) is 4.73. The molecule has 2 rings (SSSR count). The molecular weight excluding hydrogens is 372 g/mol. The standard InChI is InChI=1S/C22H34N2O5/c1-7-28-18(25)13-17(23-14-16-11-9-8-10-12-16)22(20(2,3)4)15-29-21(5,6)24(22)19(26)27/h8-12,17,23H,7,13-15H2,1-6H3,(H,26,27)/t17?,22-/m1/s1. The van der Waals surface area contributed by atoms with Crippen molar-refractivity contribution in [2.75, 3.05) is 13.2 Å². The third-order valence-electron chi connectivity index (χ3n) is 5.72. The van der Waals surface area contributed by atoms with E-state index in [2.05, 4.69) is 5.32 Å². The van der Waals surface area contributed by atoms with Gasteiger partial charge in [0.2, 0.25) is 0 Å². The Labute approximate surface area is 173 Å². The summed E-state index contributed by atoms with van der Waals surface area (Å²) in [4.78, 5) is 26.2. The van der Waals surface area contributed by atoms with Crippen LogP contribution < -0.4 is 5.32 Å². The van der Waals surface area contributed by atoms with E-state index in [4.69, 9.17) is 9.47 Å². The fourth-order valence-electron chi connectivity index (χ4n) is 4.26. The van der Waals surface area contributed by atoms with E-state index in [1.54, 1.807) is 20.8 Å². The summed E-state index contributed by atoms with van der Waals surface area (Å²) in [7, 11) is 0. The molecule has 2 atom stereocenters. The van der Waals surface area contributed by atoms with E-state index >= 15 is 0 Å². The number of ether oxygens (including phenoxy) is 2. The molecule has 1 heterocycles. The first-order valence-corrected chi connectivity index (χ1v) is 10.1. The largest absolute Gasteiger partial charge is 0.466 e. The third-order valence-corrected chi connectivity index (χ3v) is 5.72. The van der Waals surface area contributed by atoms with Gasteiger partial charge in [-0.25, -0.2) is 4.79 Å². The molecule has 7 nitrogen and oxygen atoms in total. The summed E-state index contributed by atoms with van der Waals surface area (Å²) >= 11 is 0. The molecule has 162 valence electrons. The van der Waals surface area contributed by atoms with Crippen molar-refractivity contribution in [1.82, 2.24) is 10.2 Å². The lowest BCUT2D eigenvalue weighted by atomic mass is 9.67. The van der Waals surface area contributed by atoms with E-state index < -0.39 is 28.8 Å². The summed E-state index contributed by atoms with van der Waals surface area (Å²) in [5.74, 6) is -0.364. The molecular formula is C22H34N2O5. The molecule has 0 radical (unpaired) electrons. The number of rotatable bonds is 7. The van der Waals surface area contributed by atoms with Gasteiger partial charge in [-0.05, 0) is 31.7 Å². The molecule has 1 amide bonds. The molecule has 0 bridgehead atoms. The van der Waals surface area contributed by atoms with Crippen LogP contribution in [0.2, 0.25) is 0 Å². The number of hydrogen-bond acceptors (Lipinski definition) is 5. The molecule has 29 heavy (non-hydrogen) atoms. The Balaban J connectivity index is 2.49. The van der Waals surface area contributed by atoms with Crippen LogP contribution in [0.25, 0.3) is 0 Å². The van der Waals surface area contributed by atoms with E-state index in [9.17, 15) is 14.7 Å². The Morgan fingerprint density at radius 3 is 2.41 bits per heavy atom. The second-order valence-corrected chi connectivity index (χ2v) is 8.96. The molecule has 2 N–H and O–H groups in total. The van der Waals surface area contributed by atoms with Crippen LogP contribution in [0.15, 0.2) is 30.3 Å². The zero-order chi connectivity index (χ0) is 21.9. The van der Waals surface area contributed by atoms with Crippen molar-refractivity contribution in [2.24, 2.45) is 5.41 Å². The quantitative estimate of drug-likeness (QED) is 0.673. The van der Waals surface area contributed by atoms with Crippen molar-refractivity contribution in [3.8, 4) is 0 Å². The number of amides is 1. The molecule has 1 aliphatic rings. The maximum atomic E-state index is 12.5. The van der Waals surface area contributed by atoms with Gasteiger partial charge >= 0.3 is 12.1 Å². The smallest absolute Gasteiger partial charge is 0.410 e. The van der Waals surface area contributed by atoms with Gasteiger partial charge < -0.3 is 19.9 Å². The number of benzene rings is 1. The number of hydrogen-bond donors (Lipinski definition) is 2. The first-order chi connectivity index (χ1) is 13.5. The Morgan fingerprint density at radius 2 is 1.90 bits per heavy atom. The minimum absolute atomic E-state index is 0.0428. The second-order valence-electron chi connectivity index (χ2n) is 8.96. The van der Waals surface area contributed by atoms with Crippen molar-refractivity contribution >= 4 is 12.1 Å². The van der Waals surface area contributed by atoms with Gasteiger partial charge in [0.25, 0.3) is 0 Å². The number of nitrogens with zero attached hydrogens (tertiary/aromatic N) is 1. The highest BCUT2D eigenvalue weighted by molar-refractivity contribution is 5.72. The second kappa shape index (κ2) is 8.71. The molecule has 0 aliphatic carbocycles. The van der Waals surface area contributed by atoms with Crippen molar-refractivity contribution in [3.63, 3.8) is 0 Å². The number of carboxylic acid groups (broad SMARTS) is 1. The van der Waals surface area contributed by atoms with Crippen molar-refractivity contribution in [3.05, 3.63) is 35.9 Å². The Kier molecular flexibility index (Phi) is 6.96. The minimum Gasteiger partial charge on any atom is -0.466 e. The highest BCUT2D eigenvalue weighted by atomic mass is 16.5. The molecule has 1 aromatic rings. The Morgan fingerprint density at radius 1 is 1.28 bits per heavy atom. The van der Waals surface area contributed by atoms with Gasteiger partial charge in [-0.15, -0.1) is 0 Å². The van der Waals surface area contributed by atoms with E-state index in [1.807, 2.05) is 51.1 Å². The normalized spacial score (nSPS) is 22.3. The molecule has 0 aromatic heterocycles. The lowest BCUT2D eigenvalue weighted by Gasteiger charge is -2.52. The molecule has 1 unspecified atom stereocenters. The topological polar surface area (TPSA) is 88.1 Å². The van der Waals surface area contributed by atoms with Gasteiger partial charge in [0.15, 0.2) is 0 Å². The van der Waals surface area contributed by atoms with Crippen LogP contribution in [0, 0.1) is 5.41 Å². The van der Waals surface area contributed by atoms with Crippen molar-refractivity contribution in [2.45, 2.75) is 71.8 Å². The van der Waals surface area contributed by atoms with Crippen LogP contribution in [-0.4, -0.2) is 52.6 Å². The molecule has 1 fully saturated rings. The van der Waals surface area contributed by atoms with Crippen LogP contribution in [0.1, 0.15) is 53.5 Å². The predicted molar refractivity (Wildman–Crippen MR) is 110 cm³/mol. The summed E-state index contributed by atoms with van der Waals surface area (Å²) in [6.07, 6.45) is -1.03. The van der Waals surface area contributed by atoms with Crippen molar-refractivity contribution in [1.29, 1.82) is 0 Å². The van der Waals surface area contributed by atoms with Gasteiger partial charge in [0, 0.05) is 12.6 Å². The van der Waals surface area contributed by atoms with Crippen LogP contribution in [0.3, 0.4) is 0 Å². The number of carbonyl (C=O) groups excluding carboxylic acids is 1. The zero-order valence-corrected chi connectivity index (χ0v) is 18.3. The molecule has 0 spiro atoms. The molecule has 1 aromatic carbocycles. The van der Waals surface area contributed by atoms with E-state index in [1.165, 1.54) is 4.90 Å². The Bertz CT molecular complexity index is 714. The van der Waals surface area contributed by atoms with Crippen LogP contribution in [0.5, 0.6) is 0 Å². The first-order valence-electron chi connectivity index (χ1n) is 10.1. The predicted octanol–water partition coefficient (Wildman–Crippen LogP) is 3.63. The minimum atomic E-state index is -1.07. The average Bonchev–Trinajstić information content (AvgIpc) is 2.92. The lowest BCUT2D eigenvalue weighted by molar-refractivity contribution is -0.145. The number of esters is 1. The molecule has 1 aliphatic heterocycles. The van der Waals surface area contributed by atoms with E-state index in [0.717, 1.165) is 5.56 Å². The van der Waals surface area contributed by atoms with Gasteiger partial charge in [0.1, 0.15) is 5.72 Å². The maximum Gasteiger partial charge on any atom is 0.410 e. The number of carbonyl (C=O) groups is 2. The summed E-state index contributed by atoms with van der Waals surface area (Å²) in [6, 6.07) is 9.31. The fourth-order valence-corrected chi connectivity index (χ4v) is 4.26. The monoisotopic (exact) mass is 406 g/mol. The fraction of sp³-hybridized carbons (Fsp3) is 0.636. The number of nitrogens with one attached hydrogen (secondary N) is 1.